The lowest BCUT2D eigenvalue weighted by molar-refractivity contribution is -0.644. The number of rotatable bonds is 9. The molecule has 1 heterocycles. The molecular weight excluding hydrogens is 304 g/mol. The molecule has 124 valence electrons. The van der Waals surface area contributed by atoms with E-state index in [1.165, 1.54) is 21.7 Å². The molecule has 0 saturated heterocycles. The largest absolute Gasteiger partial charge is 0.338 e. The molecule has 3 nitrogen and oxygen atoms in total. The van der Waals surface area contributed by atoms with Crippen LogP contribution in [0.15, 0.2) is 42.5 Å². The number of nitrogens with zero attached hydrogens (tertiary/aromatic N) is 1. The number of quaternary nitrogens is 1. The maximum Gasteiger partial charge on any atom is 0.278 e. The summed E-state index contributed by atoms with van der Waals surface area (Å²) < 4.78 is 0. The van der Waals surface area contributed by atoms with Gasteiger partial charge in [0.25, 0.3) is 5.91 Å². The predicted octanol–water partition coefficient (Wildman–Crippen LogP) is 2.95. The van der Waals surface area contributed by atoms with Gasteiger partial charge in [0.05, 0.1) is 13.1 Å². The first kappa shape index (κ1) is 17.7. The summed E-state index contributed by atoms with van der Waals surface area (Å²) in [6, 6.07) is 14.5. The molecule has 0 atom stereocenters. The Hall–Kier alpha value is -1.65. The maximum absolute atomic E-state index is 12.6. The molecule has 0 saturated carbocycles. The number of carbonyl (C=O) groups excluding carboxylic acids is 1. The number of thiophene rings is 1. The molecule has 2 N–H and O–H groups in total. The molecule has 1 amide bonds. The second kappa shape index (κ2) is 9.48. The third kappa shape index (κ3) is 6.16. The van der Waals surface area contributed by atoms with Crippen molar-refractivity contribution in [3.63, 3.8) is 0 Å². The molecule has 0 aliphatic carbocycles. The molecule has 0 fully saturated rings. The highest BCUT2D eigenvalue weighted by Crippen LogP contribution is 2.18. The van der Waals surface area contributed by atoms with Crippen LogP contribution >= 0.6 is 11.3 Å². The Labute approximate surface area is 143 Å². The molecular formula is C19H27N2OS+. The maximum atomic E-state index is 12.6. The van der Waals surface area contributed by atoms with Gasteiger partial charge >= 0.3 is 0 Å². The number of aryl methyl sites for hydroxylation is 1. The van der Waals surface area contributed by atoms with Crippen molar-refractivity contribution in [1.82, 2.24) is 4.90 Å². The topological polar surface area (TPSA) is 36.9 Å². The van der Waals surface area contributed by atoms with Crippen LogP contribution in [0.4, 0.5) is 0 Å². The van der Waals surface area contributed by atoms with Crippen LogP contribution in [0.1, 0.15) is 35.1 Å². The minimum absolute atomic E-state index is 0.219. The standard InChI is InChI=1S/C19H26N2OS/c1-3-4-12-20-13-19(22)21(14-17-8-6-5-7-9-17)15-18-11-10-16(2)23-18/h5-11,20H,3-4,12-15H2,1-2H3/p+1. The average Bonchev–Trinajstić information content (AvgIpc) is 2.97. The number of nitrogens with two attached hydrogens (primary N) is 1. The zero-order valence-corrected chi connectivity index (χ0v) is 14.9. The monoisotopic (exact) mass is 331 g/mol. The van der Waals surface area contributed by atoms with Crippen LogP contribution in [0.2, 0.25) is 0 Å². The van der Waals surface area contributed by atoms with E-state index in [9.17, 15) is 4.79 Å². The molecule has 1 aromatic heterocycles. The van der Waals surface area contributed by atoms with Crippen LogP contribution in [-0.4, -0.2) is 23.9 Å². The van der Waals surface area contributed by atoms with Gasteiger partial charge in [-0.05, 0) is 31.0 Å². The lowest BCUT2D eigenvalue weighted by atomic mass is 10.2. The Morgan fingerprint density at radius 3 is 2.57 bits per heavy atom. The first-order valence-electron chi connectivity index (χ1n) is 8.37. The third-order valence-corrected chi connectivity index (χ3v) is 4.78. The van der Waals surface area contributed by atoms with E-state index in [0.717, 1.165) is 13.0 Å². The third-order valence-electron chi connectivity index (χ3n) is 3.79. The lowest BCUT2D eigenvalue weighted by Gasteiger charge is -2.21. The Morgan fingerprint density at radius 2 is 1.91 bits per heavy atom. The second-order valence-corrected chi connectivity index (χ2v) is 7.26. The Kier molecular flexibility index (Phi) is 7.30. The van der Waals surface area contributed by atoms with Gasteiger partial charge < -0.3 is 10.2 Å². The first-order chi connectivity index (χ1) is 11.2. The fourth-order valence-corrected chi connectivity index (χ4v) is 3.40. The Morgan fingerprint density at radius 1 is 1.13 bits per heavy atom. The van der Waals surface area contributed by atoms with Crippen LogP contribution in [0.3, 0.4) is 0 Å². The smallest absolute Gasteiger partial charge is 0.278 e. The van der Waals surface area contributed by atoms with Crippen molar-refractivity contribution < 1.29 is 10.1 Å². The van der Waals surface area contributed by atoms with Gasteiger partial charge in [-0.25, -0.2) is 0 Å². The van der Waals surface area contributed by atoms with Crippen LogP contribution < -0.4 is 5.32 Å². The van der Waals surface area contributed by atoms with Gasteiger partial charge in [0.2, 0.25) is 0 Å². The van der Waals surface area contributed by atoms with Crippen molar-refractivity contribution >= 4 is 17.2 Å². The minimum Gasteiger partial charge on any atom is -0.338 e. The van der Waals surface area contributed by atoms with Crippen molar-refractivity contribution in [1.29, 1.82) is 0 Å². The minimum atomic E-state index is 0.219. The number of amides is 1. The van der Waals surface area contributed by atoms with E-state index < -0.39 is 0 Å². The van der Waals surface area contributed by atoms with Crippen LogP contribution in [0.5, 0.6) is 0 Å². The van der Waals surface area contributed by atoms with Gasteiger partial charge in [-0.15, -0.1) is 11.3 Å². The van der Waals surface area contributed by atoms with Gasteiger partial charge in [-0.3, -0.25) is 4.79 Å². The first-order valence-corrected chi connectivity index (χ1v) is 9.19. The Balaban J connectivity index is 1.99. The number of carbonyl (C=O) groups is 1. The SMILES string of the molecule is CCCC[NH2+]CC(=O)N(Cc1ccccc1)Cc1ccc(C)s1. The van der Waals surface area contributed by atoms with Crippen molar-refractivity contribution in [3.8, 4) is 0 Å². The molecule has 2 rings (SSSR count). The van der Waals surface area contributed by atoms with Crippen LogP contribution in [0.25, 0.3) is 0 Å². The van der Waals surface area contributed by atoms with Gasteiger partial charge in [-0.1, -0.05) is 43.7 Å². The quantitative estimate of drug-likeness (QED) is 0.705. The molecule has 0 unspecified atom stereocenters. The van der Waals surface area contributed by atoms with E-state index in [4.69, 9.17) is 0 Å². The summed E-state index contributed by atoms with van der Waals surface area (Å²) >= 11 is 1.77. The summed E-state index contributed by atoms with van der Waals surface area (Å²) in [4.78, 5) is 17.1. The molecule has 0 bridgehead atoms. The lowest BCUT2D eigenvalue weighted by Crippen LogP contribution is -2.86. The molecule has 23 heavy (non-hydrogen) atoms. The van der Waals surface area contributed by atoms with Crippen molar-refractivity contribution in [3.05, 3.63) is 57.8 Å². The summed E-state index contributed by atoms with van der Waals surface area (Å²) in [5.41, 5.74) is 1.18. The molecule has 2 aromatic rings. The fraction of sp³-hybridized carbons (Fsp3) is 0.421. The highest BCUT2D eigenvalue weighted by molar-refractivity contribution is 7.11. The highest BCUT2D eigenvalue weighted by atomic mass is 32.1. The van der Waals surface area contributed by atoms with Gasteiger partial charge in [-0.2, -0.15) is 0 Å². The number of benzene rings is 1. The molecule has 0 aliphatic rings. The molecule has 0 spiro atoms. The van der Waals surface area contributed by atoms with E-state index >= 15 is 0 Å². The highest BCUT2D eigenvalue weighted by Gasteiger charge is 2.16. The van der Waals surface area contributed by atoms with E-state index in [2.05, 4.69) is 43.4 Å². The summed E-state index contributed by atoms with van der Waals surface area (Å²) in [6.45, 7) is 7.23. The van der Waals surface area contributed by atoms with Crippen LogP contribution in [-0.2, 0) is 17.9 Å². The predicted molar refractivity (Wildman–Crippen MR) is 96.3 cm³/mol. The summed E-state index contributed by atoms with van der Waals surface area (Å²) in [6.07, 6.45) is 2.34. The summed E-state index contributed by atoms with van der Waals surface area (Å²) in [7, 11) is 0. The number of unbranched alkanes of at least 4 members (excludes halogenated alkanes) is 1. The van der Waals surface area contributed by atoms with E-state index in [1.54, 1.807) is 11.3 Å². The van der Waals surface area contributed by atoms with Crippen molar-refractivity contribution in [2.24, 2.45) is 0 Å². The molecule has 4 heteroatoms. The zero-order chi connectivity index (χ0) is 16.5. The van der Waals surface area contributed by atoms with Gasteiger partial charge in [0.1, 0.15) is 0 Å². The van der Waals surface area contributed by atoms with Gasteiger partial charge in [0, 0.05) is 16.3 Å². The number of hydrogen-bond acceptors (Lipinski definition) is 2. The second-order valence-electron chi connectivity index (χ2n) is 5.88. The normalized spacial score (nSPS) is 10.7. The van der Waals surface area contributed by atoms with Crippen molar-refractivity contribution in [2.75, 3.05) is 13.1 Å². The number of hydrogen-bond donors (Lipinski definition) is 1. The summed E-state index contributed by atoms with van der Waals surface area (Å²) in [5.74, 6) is 0.219. The van der Waals surface area contributed by atoms with E-state index in [0.29, 0.717) is 19.6 Å². The zero-order valence-electron chi connectivity index (χ0n) is 14.1. The van der Waals surface area contributed by atoms with Crippen LogP contribution in [0, 0.1) is 6.92 Å². The van der Waals surface area contributed by atoms with E-state index in [-0.39, 0.29) is 5.91 Å². The Bertz CT molecular complexity index is 594. The molecule has 1 aromatic carbocycles. The fourth-order valence-electron chi connectivity index (χ4n) is 2.50. The van der Waals surface area contributed by atoms with Crippen molar-refractivity contribution in [2.45, 2.75) is 39.8 Å². The molecule has 0 radical (unpaired) electrons. The average molecular weight is 332 g/mol. The summed E-state index contributed by atoms with van der Waals surface area (Å²) in [5, 5.41) is 2.13. The van der Waals surface area contributed by atoms with Gasteiger partial charge in [0.15, 0.2) is 6.54 Å². The molecule has 0 aliphatic heterocycles. The van der Waals surface area contributed by atoms with E-state index in [1.807, 2.05) is 23.1 Å².